The van der Waals surface area contributed by atoms with Crippen LogP contribution >= 0.6 is 23.2 Å². The van der Waals surface area contributed by atoms with E-state index in [1.54, 1.807) is 54.6 Å². The lowest BCUT2D eigenvalue weighted by molar-refractivity contribution is 0.298. The fourth-order valence-electron chi connectivity index (χ4n) is 2.78. The third-order valence-corrected chi connectivity index (χ3v) is 4.66. The molecule has 0 aliphatic carbocycles. The van der Waals surface area contributed by atoms with Crippen molar-refractivity contribution in [3.63, 3.8) is 0 Å². The zero-order valence-corrected chi connectivity index (χ0v) is 15.6. The number of hydrogen-bond donors (Lipinski definition) is 0. The lowest BCUT2D eigenvalue weighted by Crippen LogP contribution is -2.10. The Kier molecular flexibility index (Phi) is 4.88. The summed E-state index contributed by atoms with van der Waals surface area (Å²) in [5, 5.41) is 1.72. The van der Waals surface area contributed by atoms with Crippen molar-refractivity contribution in [2.24, 2.45) is 0 Å². The fraction of sp³-hybridized carbons (Fsp3) is 0.0455. The molecule has 0 amide bonds. The first-order valence-electron chi connectivity index (χ1n) is 8.31. The molecule has 5 heteroatoms. The smallest absolute Gasteiger partial charge is 0.235 e. The summed E-state index contributed by atoms with van der Waals surface area (Å²) >= 11 is 11.9. The van der Waals surface area contributed by atoms with Gasteiger partial charge in [0, 0.05) is 15.6 Å². The summed E-state index contributed by atoms with van der Waals surface area (Å²) in [5.41, 5.74) is 1.91. The minimum Gasteiger partial charge on any atom is -0.481 e. The molecule has 1 aromatic heterocycles. The molecule has 0 aliphatic heterocycles. The molecule has 134 valence electrons. The first kappa shape index (κ1) is 17.7. The minimum absolute atomic E-state index is 0.172. The number of rotatable bonds is 4. The Bertz CT molecular complexity index is 1150. The molecule has 3 aromatic carbocycles. The Morgan fingerprint density at radius 2 is 1.44 bits per heavy atom. The van der Waals surface area contributed by atoms with Crippen molar-refractivity contribution in [3.05, 3.63) is 98.6 Å². The summed E-state index contributed by atoms with van der Waals surface area (Å²) in [5.74, 6) is 0.551. The predicted octanol–water partition coefficient (Wildman–Crippen LogP) is 6.35. The van der Waals surface area contributed by atoms with Crippen molar-refractivity contribution in [1.29, 1.82) is 0 Å². The highest BCUT2D eigenvalue weighted by Gasteiger charge is 2.17. The summed E-state index contributed by atoms with van der Waals surface area (Å²) in [6.45, 7) is 0.223. The summed E-state index contributed by atoms with van der Waals surface area (Å²) in [7, 11) is 0. The van der Waals surface area contributed by atoms with Crippen LogP contribution in [0.2, 0.25) is 10.0 Å². The minimum atomic E-state index is -0.212. The molecule has 4 aromatic rings. The molecule has 0 saturated carbocycles. The van der Waals surface area contributed by atoms with Crippen LogP contribution in [0.25, 0.3) is 22.3 Å². The maximum Gasteiger partial charge on any atom is 0.235 e. The molecule has 3 nitrogen and oxygen atoms in total. The molecule has 0 fully saturated rings. The second kappa shape index (κ2) is 7.47. The number of ether oxygens (including phenoxy) is 1. The van der Waals surface area contributed by atoms with Crippen molar-refractivity contribution in [1.82, 2.24) is 0 Å². The van der Waals surface area contributed by atoms with Crippen LogP contribution in [-0.2, 0) is 6.61 Å². The number of para-hydroxylation sites is 1. The Labute approximate surface area is 165 Å². The van der Waals surface area contributed by atoms with Gasteiger partial charge in [-0.25, -0.2) is 0 Å². The fourth-order valence-corrected chi connectivity index (χ4v) is 3.04. The molecule has 0 aliphatic rings. The van der Waals surface area contributed by atoms with Crippen LogP contribution in [0.4, 0.5) is 0 Å². The quantitative estimate of drug-likeness (QED) is 0.403. The van der Waals surface area contributed by atoms with E-state index in [9.17, 15) is 4.79 Å². The molecule has 0 saturated heterocycles. The van der Waals surface area contributed by atoms with E-state index >= 15 is 0 Å². The van der Waals surface area contributed by atoms with Gasteiger partial charge in [0.15, 0.2) is 5.76 Å². The lowest BCUT2D eigenvalue weighted by atomic mass is 10.1. The monoisotopic (exact) mass is 396 g/mol. The number of benzene rings is 3. The molecule has 0 unspecified atom stereocenters. The molecule has 0 N–H and O–H groups in total. The molecular weight excluding hydrogens is 383 g/mol. The largest absolute Gasteiger partial charge is 0.481 e. The van der Waals surface area contributed by atoms with E-state index in [0.717, 1.165) is 5.56 Å². The van der Waals surface area contributed by atoms with Gasteiger partial charge in [-0.15, -0.1) is 0 Å². The van der Waals surface area contributed by atoms with Gasteiger partial charge in [-0.3, -0.25) is 4.79 Å². The second-order valence-electron chi connectivity index (χ2n) is 6.01. The normalized spacial score (nSPS) is 10.9. The van der Waals surface area contributed by atoms with Crippen LogP contribution in [0.1, 0.15) is 5.56 Å². The molecule has 4 rings (SSSR count). The topological polar surface area (TPSA) is 39.4 Å². The van der Waals surface area contributed by atoms with Crippen molar-refractivity contribution in [3.8, 4) is 17.1 Å². The third kappa shape index (κ3) is 3.70. The van der Waals surface area contributed by atoms with E-state index in [0.29, 0.717) is 32.3 Å². The van der Waals surface area contributed by atoms with Gasteiger partial charge in [-0.05, 0) is 54.1 Å². The van der Waals surface area contributed by atoms with Crippen LogP contribution in [0, 0.1) is 0 Å². The van der Waals surface area contributed by atoms with Crippen LogP contribution in [0.15, 0.2) is 82.0 Å². The summed E-state index contributed by atoms with van der Waals surface area (Å²) in [6, 6.07) is 21.5. The van der Waals surface area contributed by atoms with E-state index < -0.39 is 0 Å². The zero-order valence-electron chi connectivity index (χ0n) is 14.1. The van der Waals surface area contributed by atoms with Gasteiger partial charge in [0.1, 0.15) is 12.2 Å². The van der Waals surface area contributed by atoms with Crippen molar-refractivity contribution in [2.75, 3.05) is 0 Å². The van der Waals surface area contributed by atoms with Gasteiger partial charge >= 0.3 is 0 Å². The summed E-state index contributed by atoms with van der Waals surface area (Å²) < 4.78 is 11.9. The Morgan fingerprint density at radius 1 is 0.815 bits per heavy atom. The van der Waals surface area contributed by atoms with E-state index in [2.05, 4.69) is 0 Å². The average Bonchev–Trinajstić information content (AvgIpc) is 2.69. The van der Waals surface area contributed by atoms with Gasteiger partial charge in [-0.1, -0.05) is 47.5 Å². The Balaban J connectivity index is 1.82. The maximum atomic E-state index is 13.0. The summed E-state index contributed by atoms with van der Waals surface area (Å²) in [6.07, 6.45) is 0. The van der Waals surface area contributed by atoms with Gasteiger partial charge < -0.3 is 9.15 Å². The lowest BCUT2D eigenvalue weighted by Gasteiger charge is -2.12. The van der Waals surface area contributed by atoms with Gasteiger partial charge in [0.25, 0.3) is 0 Å². The van der Waals surface area contributed by atoms with Crippen LogP contribution in [0.3, 0.4) is 0 Å². The molecule has 0 spiro atoms. The van der Waals surface area contributed by atoms with Crippen molar-refractivity contribution in [2.45, 2.75) is 6.61 Å². The van der Waals surface area contributed by atoms with Crippen molar-refractivity contribution < 1.29 is 9.15 Å². The number of fused-ring (bicyclic) bond motifs is 1. The Hall–Kier alpha value is -2.75. The Morgan fingerprint density at radius 3 is 2.15 bits per heavy atom. The predicted molar refractivity (Wildman–Crippen MR) is 109 cm³/mol. The van der Waals surface area contributed by atoms with E-state index in [4.69, 9.17) is 32.4 Å². The first-order valence-corrected chi connectivity index (χ1v) is 9.06. The standard InChI is InChI=1S/C22H14Cl2O3/c23-16-9-5-14(6-10-16)13-26-22-20(25)18-3-1-2-4-19(18)27-21(22)15-7-11-17(24)12-8-15/h1-12H,13H2. The van der Waals surface area contributed by atoms with E-state index in [1.165, 1.54) is 0 Å². The SMILES string of the molecule is O=c1c(OCc2ccc(Cl)cc2)c(-c2ccc(Cl)cc2)oc2ccccc12. The molecule has 1 heterocycles. The van der Waals surface area contributed by atoms with Gasteiger partial charge in [0.2, 0.25) is 11.2 Å². The molecule has 0 atom stereocenters. The van der Waals surface area contributed by atoms with Gasteiger partial charge in [0.05, 0.1) is 5.39 Å². The molecular formula is C22H14Cl2O3. The number of halogens is 2. The highest BCUT2D eigenvalue weighted by atomic mass is 35.5. The maximum absolute atomic E-state index is 13.0. The second-order valence-corrected chi connectivity index (χ2v) is 6.88. The molecule has 27 heavy (non-hydrogen) atoms. The zero-order chi connectivity index (χ0) is 18.8. The first-order chi connectivity index (χ1) is 13.1. The summed E-state index contributed by atoms with van der Waals surface area (Å²) in [4.78, 5) is 13.0. The van der Waals surface area contributed by atoms with Crippen molar-refractivity contribution >= 4 is 34.2 Å². The third-order valence-electron chi connectivity index (χ3n) is 4.16. The molecule has 0 radical (unpaired) electrons. The van der Waals surface area contributed by atoms with E-state index in [-0.39, 0.29) is 17.8 Å². The van der Waals surface area contributed by atoms with Gasteiger partial charge in [-0.2, -0.15) is 0 Å². The van der Waals surface area contributed by atoms with Crippen LogP contribution < -0.4 is 10.2 Å². The number of hydrogen-bond acceptors (Lipinski definition) is 3. The highest BCUT2D eigenvalue weighted by Crippen LogP contribution is 2.32. The van der Waals surface area contributed by atoms with Crippen LogP contribution in [-0.4, -0.2) is 0 Å². The van der Waals surface area contributed by atoms with Crippen LogP contribution in [0.5, 0.6) is 5.75 Å². The average molecular weight is 397 g/mol. The van der Waals surface area contributed by atoms with E-state index in [1.807, 2.05) is 18.2 Å². The molecule has 0 bridgehead atoms. The highest BCUT2D eigenvalue weighted by molar-refractivity contribution is 6.30.